The van der Waals surface area contributed by atoms with Gasteiger partial charge in [0.05, 0.1) is 42.6 Å². The maximum absolute atomic E-state index is 13.2. The zero-order valence-corrected chi connectivity index (χ0v) is 21.0. The van der Waals surface area contributed by atoms with Crippen LogP contribution in [0.3, 0.4) is 0 Å². The summed E-state index contributed by atoms with van der Waals surface area (Å²) in [6.07, 6.45) is 2.81. The molecule has 6 unspecified atom stereocenters. The number of fused-ring (bicyclic) bond motifs is 7. The number of likely N-dealkylation sites (tertiary alicyclic amines) is 1. The van der Waals surface area contributed by atoms with Crippen LogP contribution in [0.25, 0.3) is 0 Å². The fourth-order valence-electron chi connectivity index (χ4n) is 6.65. The first-order valence-corrected chi connectivity index (χ1v) is 13.0. The van der Waals surface area contributed by atoms with E-state index in [1.807, 2.05) is 31.2 Å². The fraction of sp³-hybridized carbons (Fsp3) is 0.448. The molecule has 37 heavy (non-hydrogen) atoms. The number of hydrogen-bond acceptors (Lipinski definition) is 6. The molecular formula is C29H30N2O6. The fourth-order valence-corrected chi connectivity index (χ4v) is 6.65. The summed E-state index contributed by atoms with van der Waals surface area (Å²) in [7, 11) is 1.48. The van der Waals surface area contributed by atoms with E-state index in [1.165, 1.54) is 17.5 Å². The predicted molar refractivity (Wildman–Crippen MR) is 134 cm³/mol. The molecule has 0 radical (unpaired) electrons. The molecule has 8 heteroatoms. The molecule has 2 saturated heterocycles. The smallest absolute Gasteiger partial charge is 0.238 e. The number of rotatable bonds is 9. The second kappa shape index (κ2) is 9.01. The molecule has 192 valence electrons. The zero-order chi connectivity index (χ0) is 25.8. The Kier molecular flexibility index (Phi) is 5.77. The predicted octanol–water partition coefficient (Wildman–Crippen LogP) is 3.22. The first-order valence-electron chi connectivity index (χ1n) is 13.0. The Bertz CT molecular complexity index is 1210. The quantitative estimate of drug-likeness (QED) is 0.386. The van der Waals surface area contributed by atoms with E-state index >= 15 is 0 Å². The first kappa shape index (κ1) is 23.7. The third-order valence-corrected chi connectivity index (χ3v) is 8.56. The van der Waals surface area contributed by atoms with Crippen molar-refractivity contribution in [2.45, 2.75) is 26.2 Å². The molecule has 2 aliphatic carbocycles. The van der Waals surface area contributed by atoms with Crippen molar-refractivity contribution >= 4 is 29.3 Å². The maximum atomic E-state index is 13.2. The van der Waals surface area contributed by atoms with E-state index in [-0.39, 0.29) is 35.5 Å². The van der Waals surface area contributed by atoms with Gasteiger partial charge < -0.3 is 9.47 Å². The minimum absolute atomic E-state index is 0.192. The summed E-state index contributed by atoms with van der Waals surface area (Å²) in [6.45, 7) is 3.28. The molecule has 2 saturated carbocycles. The number of amides is 4. The molecule has 0 N–H and O–H groups in total. The van der Waals surface area contributed by atoms with E-state index < -0.39 is 23.7 Å². The number of anilines is 1. The summed E-state index contributed by atoms with van der Waals surface area (Å²) in [5, 5.41) is 0. The van der Waals surface area contributed by atoms with Crippen LogP contribution in [-0.2, 0) is 19.2 Å². The topological polar surface area (TPSA) is 93.2 Å². The average Bonchev–Trinajstić information content (AvgIpc) is 3.19. The molecule has 2 aromatic carbocycles. The third kappa shape index (κ3) is 3.64. The van der Waals surface area contributed by atoms with Gasteiger partial charge in [-0.05, 0) is 74.4 Å². The van der Waals surface area contributed by atoms with Crippen molar-refractivity contribution in [3.63, 3.8) is 0 Å². The molecule has 8 nitrogen and oxygen atoms in total. The Labute approximate surface area is 215 Å². The van der Waals surface area contributed by atoms with Crippen LogP contribution in [0.1, 0.15) is 24.8 Å². The van der Waals surface area contributed by atoms with Gasteiger partial charge in [0, 0.05) is 7.05 Å². The molecule has 2 aromatic rings. The van der Waals surface area contributed by atoms with Crippen molar-refractivity contribution in [1.82, 2.24) is 4.90 Å². The summed E-state index contributed by atoms with van der Waals surface area (Å²) >= 11 is 0. The summed E-state index contributed by atoms with van der Waals surface area (Å²) in [5.74, 6) is -1.63. The van der Waals surface area contributed by atoms with Crippen molar-refractivity contribution in [2.24, 2.45) is 35.5 Å². The van der Waals surface area contributed by atoms with Gasteiger partial charge in [-0.25, -0.2) is 0 Å². The van der Waals surface area contributed by atoms with E-state index in [2.05, 4.69) is 0 Å². The molecule has 0 aromatic heterocycles. The zero-order valence-electron chi connectivity index (χ0n) is 21.0. The van der Waals surface area contributed by atoms with E-state index in [0.29, 0.717) is 24.7 Å². The standard InChI is InChI=1S/C29H30N2O6/c1-16-6-10-18(11-7-16)36-14-4-3-5-15-37-19-12-8-17(9-13-19)31-28(34)24-20-21(25(24)29(31)35)23-22(20)26(32)30(2)27(23)33/h6-13,20-25H,3-5,14-15H2,1-2H3. The maximum Gasteiger partial charge on any atom is 0.238 e. The molecule has 4 aliphatic rings. The van der Waals surface area contributed by atoms with E-state index in [0.717, 1.165) is 29.9 Å². The second-order valence-electron chi connectivity index (χ2n) is 10.6. The lowest BCUT2D eigenvalue weighted by Crippen LogP contribution is -2.66. The van der Waals surface area contributed by atoms with Crippen LogP contribution >= 0.6 is 0 Å². The van der Waals surface area contributed by atoms with Gasteiger partial charge in [0.25, 0.3) is 0 Å². The summed E-state index contributed by atoms with van der Waals surface area (Å²) in [5.41, 5.74) is 1.71. The highest BCUT2D eigenvalue weighted by Gasteiger charge is 2.79. The molecule has 4 amide bonds. The van der Waals surface area contributed by atoms with Crippen LogP contribution in [0.5, 0.6) is 11.5 Å². The minimum Gasteiger partial charge on any atom is -0.494 e. The lowest BCUT2D eigenvalue weighted by atomic mass is 9.39. The summed E-state index contributed by atoms with van der Waals surface area (Å²) < 4.78 is 11.6. The Morgan fingerprint density at radius 3 is 1.54 bits per heavy atom. The van der Waals surface area contributed by atoms with Crippen molar-refractivity contribution in [1.29, 1.82) is 0 Å². The number of benzene rings is 2. The molecule has 6 rings (SSSR count). The molecule has 0 bridgehead atoms. The second-order valence-corrected chi connectivity index (χ2v) is 10.6. The molecule has 0 spiro atoms. The number of carbonyl (C=O) groups excluding carboxylic acids is 4. The van der Waals surface area contributed by atoms with Gasteiger partial charge in [0.1, 0.15) is 11.5 Å². The third-order valence-electron chi connectivity index (χ3n) is 8.56. The van der Waals surface area contributed by atoms with Gasteiger partial charge in [-0.3, -0.25) is 29.0 Å². The van der Waals surface area contributed by atoms with E-state index in [4.69, 9.17) is 9.47 Å². The van der Waals surface area contributed by atoms with Crippen LogP contribution in [0.15, 0.2) is 48.5 Å². The number of nitrogens with zero attached hydrogens (tertiary/aromatic N) is 2. The number of hydrogen-bond donors (Lipinski definition) is 0. The van der Waals surface area contributed by atoms with Crippen LogP contribution in [0, 0.1) is 42.4 Å². The Morgan fingerprint density at radius 2 is 1.05 bits per heavy atom. The first-order chi connectivity index (χ1) is 17.9. The molecule has 6 atom stereocenters. The van der Waals surface area contributed by atoms with Crippen molar-refractivity contribution in [3.8, 4) is 11.5 Å². The number of unbranched alkanes of at least 4 members (excludes halogenated alkanes) is 2. The Morgan fingerprint density at radius 1 is 0.622 bits per heavy atom. The average molecular weight is 503 g/mol. The van der Waals surface area contributed by atoms with Crippen LogP contribution < -0.4 is 14.4 Å². The van der Waals surface area contributed by atoms with Gasteiger partial charge in [-0.1, -0.05) is 17.7 Å². The van der Waals surface area contributed by atoms with Gasteiger partial charge in [-0.2, -0.15) is 0 Å². The lowest BCUT2D eigenvalue weighted by Gasteiger charge is -2.59. The van der Waals surface area contributed by atoms with Gasteiger partial charge >= 0.3 is 0 Å². The monoisotopic (exact) mass is 502 g/mol. The van der Waals surface area contributed by atoms with Gasteiger partial charge in [-0.15, -0.1) is 0 Å². The lowest BCUT2D eigenvalue weighted by molar-refractivity contribution is -0.189. The van der Waals surface area contributed by atoms with E-state index in [9.17, 15) is 19.2 Å². The highest BCUT2D eigenvalue weighted by Crippen LogP contribution is 2.69. The van der Waals surface area contributed by atoms with Crippen molar-refractivity contribution in [3.05, 3.63) is 54.1 Å². The van der Waals surface area contributed by atoms with E-state index in [1.54, 1.807) is 24.3 Å². The highest BCUT2D eigenvalue weighted by molar-refractivity contribution is 6.24. The van der Waals surface area contributed by atoms with Gasteiger partial charge in [0.15, 0.2) is 0 Å². The number of aryl methyl sites for hydroxylation is 1. The van der Waals surface area contributed by atoms with Crippen LogP contribution in [0.4, 0.5) is 5.69 Å². The van der Waals surface area contributed by atoms with Crippen LogP contribution in [0.2, 0.25) is 0 Å². The Hall–Kier alpha value is -3.68. The molecule has 2 aliphatic heterocycles. The minimum atomic E-state index is -0.493. The normalized spacial score (nSPS) is 29.5. The SMILES string of the molecule is Cc1ccc(OCCCCCOc2ccc(N3C(=O)C4C(C3=O)C3C5C(=O)N(C)C(=O)C5C43)cc2)cc1. The summed E-state index contributed by atoms with van der Waals surface area (Å²) in [4.78, 5) is 53.6. The number of imide groups is 2. The molecular weight excluding hydrogens is 472 g/mol. The molecule has 2 heterocycles. The highest BCUT2D eigenvalue weighted by atomic mass is 16.5. The van der Waals surface area contributed by atoms with Crippen LogP contribution in [-0.4, -0.2) is 48.8 Å². The Balaban J connectivity index is 0.982. The summed E-state index contributed by atoms with van der Waals surface area (Å²) in [6, 6.07) is 15.0. The van der Waals surface area contributed by atoms with Crippen molar-refractivity contribution in [2.75, 3.05) is 25.2 Å². The molecule has 4 fully saturated rings. The number of ether oxygens (including phenoxy) is 2. The number of carbonyl (C=O) groups is 4. The van der Waals surface area contributed by atoms with Gasteiger partial charge in [0.2, 0.25) is 23.6 Å². The largest absolute Gasteiger partial charge is 0.494 e. The van der Waals surface area contributed by atoms with Crippen molar-refractivity contribution < 1.29 is 28.7 Å².